The van der Waals surface area contributed by atoms with Crippen LogP contribution in [0.25, 0.3) is 0 Å². The van der Waals surface area contributed by atoms with Crippen molar-refractivity contribution in [2.24, 2.45) is 5.73 Å². The lowest BCUT2D eigenvalue weighted by Gasteiger charge is -2.24. The van der Waals surface area contributed by atoms with Crippen LogP contribution in [0.3, 0.4) is 0 Å². The van der Waals surface area contributed by atoms with Crippen molar-refractivity contribution < 1.29 is 4.79 Å². The Morgan fingerprint density at radius 2 is 2.00 bits per heavy atom. The first-order valence-corrected chi connectivity index (χ1v) is 5.62. The predicted molar refractivity (Wildman–Crippen MR) is 65.9 cm³/mol. The van der Waals surface area contributed by atoms with Crippen LogP contribution in [0.15, 0.2) is 30.3 Å². The van der Waals surface area contributed by atoms with Crippen molar-refractivity contribution in [3.8, 4) is 0 Å². The molecule has 0 radical (unpaired) electrons. The van der Waals surface area contributed by atoms with E-state index in [1.165, 1.54) is 0 Å². The van der Waals surface area contributed by atoms with Crippen LogP contribution < -0.4 is 11.1 Å². The van der Waals surface area contributed by atoms with Crippen LogP contribution in [0.5, 0.6) is 0 Å². The summed E-state index contributed by atoms with van der Waals surface area (Å²) < 4.78 is 0. The van der Waals surface area contributed by atoms with Crippen LogP contribution >= 0.6 is 0 Å². The van der Waals surface area contributed by atoms with Gasteiger partial charge in [0.25, 0.3) is 0 Å². The third-order valence-electron chi connectivity index (χ3n) is 2.90. The highest BCUT2D eigenvalue weighted by Gasteiger charge is 2.26. The maximum atomic E-state index is 11.8. The van der Waals surface area contributed by atoms with Crippen LogP contribution in [0.1, 0.15) is 38.8 Å². The first-order chi connectivity index (χ1) is 7.47. The van der Waals surface area contributed by atoms with E-state index in [-0.39, 0.29) is 11.9 Å². The molecule has 3 nitrogen and oxygen atoms in total. The zero-order chi connectivity index (χ0) is 12.2. The molecule has 1 rings (SSSR count). The van der Waals surface area contributed by atoms with Gasteiger partial charge in [-0.3, -0.25) is 4.79 Å². The summed E-state index contributed by atoms with van der Waals surface area (Å²) in [6.45, 7) is 5.62. The molecule has 0 aliphatic heterocycles. The van der Waals surface area contributed by atoms with E-state index < -0.39 is 5.54 Å². The van der Waals surface area contributed by atoms with Gasteiger partial charge in [-0.25, -0.2) is 0 Å². The van der Waals surface area contributed by atoms with Crippen LogP contribution in [0.2, 0.25) is 0 Å². The molecular formula is C13H20N2O. The van der Waals surface area contributed by atoms with Gasteiger partial charge in [-0.1, -0.05) is 37.3 Å². The lowest BCUT2D eigenvalue weighted by atomic mass is 9.98. The Labute approximate surface area is 97.0 Å². The maximum absolute atomic E-state index is 11.8. The van der Waals surface area contributed by atoms with Gasteiger partial charge in [0.1, 0.15) is 0 Å². The molecule has 3 heteroatoms. The molecular weight excluding hydrogens is 200 g/mol. The number of hydrogen-bond donors (Lipinski definition) is 2. The van der Waals surface area contributed by atoms with Crippen LogP contribution in [0, 0.1) is 0 Å². The van der Waals surface area contributed by atoms with Gasteiger partial charge < -0.3 is 11.1 Å². The fourth-order valence-electron chi connectivity index (χ4n) is 1.35. The fraction of sp³-hybridized carbons (Fsp3) is 0.462. The third kappa shape index (κ3) is 3.07. The summed E-state index contributed by atoms with van der Waals surface area (Å²) in [5, 5.41) is 2.92. The van der Waals surface area contributed by atoms with E-state index in [0.29, 0.717) is 6.42 Å². The van der Waals surface area contributed by atoms with Crippen LogP contribution in [-0.4, -0.2) is 11.4 Å². The number of nitrogens with two attached hydrogens (primary N) is 1. The molecule has 88 valence electrons. The summed E-state index contributed by atoms with van der Waals surface area (Å²) in [4.78, 5) is 11.8. The van der Waals surface area contributed by atoms with Crippen molar-refractivity contribution in [2.75, 3.05) is 0 Å². The van der Waals surface area contributed by atoms with Crippen molar-refractivity contribution in [1.82, 2.24) is 5.32 Å². The average molecular weight is 220 g/mol. The van der Waals surface area contributed by atoms with Gasteiger partial charge >= 0.3 is 0 Å². The second-order valence-electron chi connectivity index (χ2n) is 4.38. The summed E-state index contributed by atoms with van der Waals surface area (Å²) in [5.74, 6) is -0.105. The molecule has 3 N–H and O–H groups in total. The minimum Gasteiger partial charge on any atom is -0.348 e. The van der Waals surface area contributed by atoms with Gasteiger partial charge in [-0.05, 0) is 25.8 Å². The fourth-order valence-corrected chi connectivity index (χ4v) is 1.35. The number of benzene rings is 1. The summed E-state index contributed by atoms with van der Waals surface area (Å²) >= 11 is 0. The molecule has 1 amide bonds. The lowest BCUT2D eigenvalue weighted by Crippen LogP contribution is -2.51. The van der Waals surface area contributed by atoms with Crippen LogP contribution in [0.4, 0.5) is 0 Å². The smallest absolute Gasteiger partial charge is 0.240 e. The average Bonchev–Trinajstić information content (AvgIpc) is 2.30. The zero-order valence-corrected chi connectivity index (χ0v) is 10.2. The first-order valence-electron chi connectivity index (χ1n) is 5.62. The Kier molecular flexibility index (Phi) is 4.07. The van der Waals surface area contributed by atoms with E-state index in [1.807, 2.05) is 44.2 Å². The maximum Gasteiger partial charge on any atom is 0.240 e. The summed E-state index contributed by atoms with van der Waals surface area (Å²) in [7, 11) is 0. The standard InChI is InChI=1S/C13H20N2O/c1-4-13(3,14)12(16)15-10(2)11-8-6-5-7-9-11/h5-10H,4,14H2,1-3H3,(H,15,16)/t10-,13?/m0/s1. The Bertz CT molecular complexity index is 346. The highest BCUT2D eigenvalue weighted by molar-refractivity contribution is 5.85. The highest BCUT2D eigenvalue weighted by Crippen LogP contribution is 2.13. The van der Waals surface area contributed by atoms with E-state index in [0.717, 1.165) is 5.56 Å². The molecule has 0 saturated heterocycles. The van der Waals surface area contributed by atoms with E-state index in [1.54, 1.807) is 6.92 Å². The largest absolute Gasteiger partial charge is 0.348 e. The molecule has 0 bridgehead atoms. The summed E-state index contributed by atoms with van der Waals surface area (Å²) in [5.41, 5.74) is 6.17. The summed E-state index contributed by atoms with van der Waals surface area (Å²) in [6, 6.07) is 9.84. The Morgan fingerprint density at radius 1 is 1.44 bits per heavy atom. The van der Waals surface area contributed by atoms with E-state index in [2.05, 4.69) is 5.32 Å². The van der Waals surface area contributed by atoms with Gasteiger partial charge in [-0.2, -0.15) is 0 Å². The molecule has 0 heterocycles. The van der Waals surface area contributed by atoms with Gasteiger partial charge in [0, 0.05) is 0 Å². The van der Waals surface area contributed by atoms with Crippen molar-refractivity contribution in [3.05, 3.63) is 35.9 Å². The van der Waals surface area contributed by atoms with E-state index in [4.69, 9.17) is 5.73 Å². The van der Waals surface area contributed by atoms with E-state index >= 15 is 0 Å². The molecule has 0 aliphatic rings. The van der Waals surface area contributed by atoms with Gasteiger partial charge in [0.05, 0.1) is 11.6 Å². The highest BCUT2D eigenvalue weighted by atomic mass is 16.2. The molecule has 0 spiro atoms. The Balaban J connectivity index is 2.66. The second kappa shape index (κ2) is 5.12. The molecule has 0 saturated carbocycles. The Morgan fingerprint density at radius 3 is 2.50 bits per heavy atom. The molecule has 1 aromatic rings. The van der Waals surface area contributed by atoms with Crippen LogP contribution in [-0.2, 0) is 4.79 Å². The molecule has 2 atom stereocenters. The normalized spacial score (nSPS) is 16.2. The lowest BCUT2D eigenvalue weighted by molar-refractivity contribution is -0.126. The molecule has 0 aliphatic carbocycles. The van der Waals surface area contributed by atoms with Gasteiger partial charge in [0.15, 0.2) is 0 Å². The minimum absolute atomic E-state index is 0.0110. The molecule has 0 aromatic heterocycles. The van der Waals surface area contributed by atoms with Gasteiger partial charge in [-0.15, -0.1) is 0 Å². The van der Waals surface area contributed by atoms with E-state index in [9.17, 15) is 4.79 Å². The number of rotatable bonds is 4. The molecule has 1 aromatic carbocycles. The number of hydrogen-bond acceptors (Lipinski definition) is 2. The monoisotopic (exact) mass is 220 g/mol. The van der Waals surface area contributed by atoms with Crippen molar-refractivity contribution in [1.29, 1.82) is 0 Å². The predicted octanol–water partition coefficient (Wildman–Crippen LogP) is 1.99. The first kappa shape index (κ1) is 12.7. The third-order valence-corrected chi connectivity index (χ3v) is 2.90. The van der Waals surface area contributed by atoms with Crippen molar-refractivity contribution in [3.63, 3.8) is 0 Å². The number of carbonyl (C=O) groups excluding carboxylic acids is 1. The zero-order valence-electron chi connectivity index (χ0n) is 10.2. The second-order valence-corrected chi connectivity index (χ2v) is 4.38. The number of carbonyl (C=O) groups is 1. The van der Waals surface area contributed by atoms with Gasteiger partial charge in [0.2, 0.25) is 5.91 Å². The van der Waals surface area contributed by atoms with Crippen molar-refractivity contribution >= 4 is 5.91 Å². The molecule has 0 fully saturated rings. The topological polar surface area (TPSA) is 55.1 Å². The molecule has 1 unspecified atom stereocenters. The molecule has 16 heavy (non-hydrogen) atoms. The SMILES string of the molecule is CCC(C)(N)C(=O)N[C@@H](C)c1ccccc1. The Hall–Kier alpha value is -1.35. The van der Waals surface area contributed by atoms with Crippen molar-refractivity contribution in [2.45, 2.75) is 38.8 Å². The minimum atomic E-state index is -0.789. The summed E-state index contributed by atoms with van der Waals surface area (Å²) in [6.07, 6.45) is 0.625. The quantitative estimate of drug-likeness (QED) is 0.815. The number of nitrogens with one attached hydrogen (secondary N) is 1. The number of amides is 1.